The number of hydrazone groups is 1. The summed E-state index contributed by atoms with van der Waals surface area (Å²) in [5, 5.41) is 4.47. The van der Waals surface area contributed by atoms with Crippen molar-refractivity contribution >= 4 is 11.4 Å². The van der Waals surface area contributed by atoms with E-state index in [0.29, 0.717) is 0 Å². The number of para-hydroxylation sites is 1. The Morgan fingerprint density at radius 1 is 1.09 bits per heavy atom. The van der Waals surface area contributed by atoms with E-state index in [1.807, 2.05) is 35.9 Å². The van der Waals surface area contributed by atoms with E-state index < -0.39 is 0 Å². The number of aromatic nitrogens is 2. The minimum Gasteiger partial charge on any atom is -0.306 e. The molecule has 3 aromatic rings. The molecule has 1 heterocycles. The first-order valence-electron chi connectivity index (χ1n) is 7.19. The van der Waals surface area contributed by atoms with Crippen molar-refractivity contribution in [3.63, 3.8) is 0 Å². The maximum atomic E-state index is 4.47. The Morgan fingerprint density at radius 3 is 2.55 bits per heavy atom. The van der Waals surface area contributed by atoms with Crippen molar-refractivity contribution in [3.8, 4) is 5.69 Å². The first kappa shape index (κ1) is 14.1. The molecule has 0 amide bonds. The summed E-state index contributed by atoms with van der Waals surface area (Å²) in [6.07, 6.45) is 5.48. The van der Waals surface area contributed by atoms with Crippen LogP contribution in [0, 0.1) is 6.92 Å². The van der Waals surface area contributed by atoms with E-state index in [0.717, 1.165) is 22.6 Å². The molecular weight excluding hydrogens is 272 g/mol. The molecule has 0 saturated heterocycles. The van der Waals surface area contributed by atoms with Crippen LogP contribution in [-0.4, -0.2) is 15.3 Å². The normalized spacial score (nSPS) is 11.5. The summed E-state index contributed by atoms with van der Waals surface area (Å²) in [6, 6.07) is 16.3. The molecule has 0 atom stereocenters. The number of imidazole rings is 1. The van der Waals surface area contributed by atoms with Gasteiger partial charge in [0.15, 0.2) is 0 Å². The molecule has 0 aliphatic carbocycles. The molecular formula is C18H18N4. The van der Waals surface area contributed by atoms with Gasteiger partial charge in [-0.05, 0) is 43.2 Å². The zero-order valence-electron chi connectivity index (χ0n) is 12.7. The Labute approximate surface area is 130 Å². The third-order valence-electron chi connectivity index (χ3n) is 3.58. The van der Waals surface area contributed by atoms with Gasteiger partial charge in [-0.3, -0.25) is 5.43 Å². The summed E-state index contributed by atoms with van der Waals surface area (Å²) < 4.78 is 1.97. The molecule has 0 saturated carbocycles. The quantitative estimate of drug-likeness (QED) is 0.582. The largest absolute Gasteiger partial charge is 0.306 e. The molecule has 22 heavy (non-hydrogen) atoms. The molecule has 2 aromatic carbocycles. The van der Waals surface area contributed by atoms with Crippen LogP contribution >= 0.6 is 0 Å². The number of anilines is 1. The number of rotatable bonds is 4. The van der Waals surface area contributed by atoms with Gasteiger partial charge in [0.05, 0.1) is 17.7 Å². The Hall–Kier alpha value is -2.88. The summed E-state index contributed by atoms with van der Waals surface area (Å²) >= 11 is 0. The van der Waals surface area contributed by atoms with Gasteiger partial charge in [0.1, 0.15) is 0 Å². The molecule has 4 nitrogen and oxygen atoms in total. The standard InChI is InChI=1S/C18H18N4/c1-14-5-3-4-6-18(14)21-20-15(2)16-7-9-17(10-8-16)22-12-11-19-13-22/h3-13,21H,1-2H3. The lowest BCUT2D eigenvalue weighted by Crippen LogP contribution is -2.01. The first-order valence-corrected chi connectivity index (χ1v) is 7.19. The Kier molecular flexibility index (Phi) is 4.01. The van der Waals surface area contributed by atoms with E-state index in [1.165, 1.54) is 5.56 Å². The van der Waals surface area contributed by atoms with Crippen LogP contribution in [0.2, 0.25) is 0 Å². The van der Waals surface area contributed by atoms with Gasteiger partial charge in [0.2, 0.25) is 0 Å². The fraction of sp³-hybridized carbons (Fsp3) is 0.111. The van der Waals surface area contributed by atoms with E-state index in [2.05, 4.69) is 52.8 Å². The SMILES string of the molecule is CC(=NNc1ccccc1C)c1ccc(-n2ccnc2)cc1. The summed E-state index contributed by atoms with van der Waals surface area (Å²) in [6.45, 7) is 4.06. The number of nitrogens with one attached hydrogen (secondary N) is 1. The molecule has 0 radical (unpaired) electrons. The lowest BCUT2D eigenvalue weighted by Gasteiger charge is -2.07. The van der Waals surface area contributed by atoms with E-state index in [4.69, 9.17) is 0 Å². The van der Waals surface area contributed by atoms with Crippen LogP contribution in [0.3, 0.4) is 0 Å². The monoisotopic (exact) mass is 290 g/mol. The van der Waals surface area contributed by atoms with Crippen molar-refractivity contribution in [2.45, 2.75) is 13.8 Å². The lowest BCUT2D eigenvalue weighted by atomic mass is 10.1. The van der Waals surface area contributed by atoms with Gasteiger partial charge in [-0.15, -0.1) is 0 Å². The highest BCUT2D eigenvalue weighted by atomic mass is 15.3. The second kappa shape index (κ2) is 6.26. The molecule has 0 bridgehead atoms. The van der Waals surface area contributed by atoms with Crippen LogP contribution < -0.4 is 5.43 Å². The van der Waals surface area contributed by atoms with Crippen molar-refractivity contribution in [1.82, 2.24) is 9.55 Å². The molecule has 0 aliphatic heterocycles. The van der Waals surface area contributed by atoms with Gasteiger partial charge in [0, 0.05) is 18.1 Å². The second-order valence-corrected chi connectivity index (χ2v) is 5.14. The van der Waals surface area contributed by atoms with Gasteiger partial charge in [0.25, 0.3) is 0 Å². The summed E-state index contributed by atoms with van der Waals surface area (Å²) in [5.74, 6) is 0. The number of hydrogen-bond acceptors (Lipinski definition) is 3. The fourth-order valence-electron chi connectivity index (χ4n) is 2.19. The highest BCUT2D eigenvalue weighted by Crippen LogP contribution is 2.14. The zero-order chi connectivity index (χ0) is 15.4. The molecule has 0 aliphatic rings. The van der Waals surface area contributed by atoms with Crippen LogP contribution in [0.25, 0.3) is 5.69 Å². The van der Waals surface area contributed by atoms with Crippen LogP contribution in [0.15, 0.2) is 72.4 Å². The van der Waals surface area contributed by atoms with Gasteiger partial charge in [-0.25, -0.2) is 4.98 Å². The van der Waals surface area contributed by atoms with E-state index >= 15 is 0 Å². The smallest absolute Gasteiger partial charge is 0.0991 e. The molecule has 1 N–H and O–H groups in total. The number of nitrogens with zero attached hydrogens (tertiary/aromatic N) is 3. The molecule has 0 spiro atoms. The molecule has 110 valence electrons. The summed E-state index contributed by atoms with van der Waals surface area (Å²) in [4.78, 5) is 4.06. The lowest BCUT2D eigenvalue weighted by molar-refractivity contribution is 1.06. The van der Waals surface area contributed by atoms with Gasteiger partial charge in [-0.2, -0.15) is 5.10 Å². The summed E-state index contributed by atoms with van der Waals surface area (Å²) in [5.41, 5.74) is 8.44. The van der Waals surface area contributed by atoms with Gasteiger partial charge >= 0.3 is 0 Å². The van der Waals surface area contributed by atoms with Crippen LogP contribution in [-0.2, 0) is 0 Å². The highest BCUT2D eigenvalue weighted by molar-refractivity contribution is 5.99. The Bertz CT molecular complexity index is 771. The fourth-order valence-corrected chi connectivity index (χ4v) is 2.19. The van der Waals surface area contributed by atoms with Crippen LogP contribution in [0.5, 0.6) is 0 Å². The third-order valence-corrected chi connectivity index (χ3v) is 3.58. The third kappa shape index (κ3) is 3.06. The van der Waals surface area contributed by atoms with E-state index in [1.54, 1.807) is 12.5 Å². The second-order valence-electron chi connectivity index (χ2n) is 5.14. The minimum atomic E-state index is 0.945. The zero-order valence-corrected chi connectivity index (χ0v) is 12.7. The predicted octanol–water partition coefficient (Wildman–Crippen LogP) is 4.02. The molecule has 1 aromatic heterocycles. The molecule has 3 rings (SSSR count). The molecule has 0 unspecified atom stereocenters. The van der Waals surface area contributed by atoms with Crippen molar-refractivity contribution in [3.05, 3.63) is 78.4 Å². The van der Waals surface area contributed by atoms with Crippen LogP contribution in [0.4, 0.5) is 5.69 Å². The summed E-state index contributed by atoms with van der Waals surface area (Å²) in [7, 11) is 0. The van der Waals surface area contributed by atoms with Crippen molar-refractivity contribution in [2.75, 3.05) is 5.43 Å². The van der Waals surface area contributed by atoms with Crippen molar-refractivity contribution in [2.24, 2.45) is 5.10 Å². The Balaban J connectivity index is 1.76. The average Bonchev–Trinajstić information content (AvgIpc) is 3.08. The number of aryl methyl sites for hydroxylation is 1. The highest BCUT2D eigenvalue weighted by Gasteiger charge is 2.00. The topological polar surface area (TPSA) is 42.2 Å². The maximum absolute atomic E-state index is 4.47. The van der Waals surface area contributed by atoms with E-state index in [-0.39, 0.29) is 0 Å². The predicted molar refractivity (Wildman–Crippen MR) is 90.6 cm³/mol. The van der Waals surface area contributed by atoms with Crippen LogP contribution in [0.1, 0.15) is 18.1 Å². The minimum absolute atomic E-state index is 0.945. The number of hydrogen-bond donors (Lipinski definition) is 1. The maximum Gasteiger partial charge on any atom is 0.0991 e. The molecule has 4 heteroatoms. The first-order chi connectivity index (χ1) is 10.7. The average molecular weight is 290 g/mol. The number of benzene rings is 2. The Morgan fingerprint density at radius 2 is 1.86 bits per heavy atom. The van der Waals surface area contributed by atoms with Crippen molar-refractivity contribution in [1.29, 1.82) is 0 Å². The molecule has 0 fully saturated rings. The van der Waals surface area contributed by atoms with Gasteiger partial charge in [-0.1, -0.05) is 30.3 Å². The van der Waals surface area contributed by atoms with E-state index in [9.17, 15) is 0 Å². The van der Waals surface area contributed by atoms with Crippen molar-refractivity contribution < 1.29 is 0 Å². The van der Waals surface area contributed by atoms with Gasteiger partial charge < -0.3 is 4.57 Å².